The molecule has 3 rings (SSSR count). The molecule has 0 aliphatic rings. The molecule has 0 aliphatic heterocycles. The molecule has 1 heterocycles. The minimum atomic E-state index is -0.785. The second kappa shape index (κ2) is 11.1. The summed E-state index contributed by atoms with van der Waals surface area (Å²) in [6, 6.07) is 10.6. The summed E-state index contributed by atoms with van der Waals surface area (Å²) in [4.78, 5) is 29.5. The first-order valence-electron chi connectivity index (χ1n) is 10.6. The Labute approximate surface area is 200 Å². The lowest BCUT2D eigenvalue weighted by atomic mass is 10.2. The molecule has 0 spiro atoms. The molecule has 2 aromatic carbocycles. The van der Waals surface area contributed by atoms with Gasteiger partial charge in [-0.15, -0.1) is 0 Å². The van der Waals surface area contributed by atoms with E-state index >= 15 is 0 Å². The van der Waals surface area contributed by atoms with Gasteiger partial charge in [0.1, 0.15) is 5.82 Å². The van der Waals surface area contributed by atoms with E-state index in [0.717, 1.165) is 10.9 Å². The topological polar surface area (TPSA) is 92.0 Å². The van der Waals surface area contributed by atoms with Crippen LogP contribution in [0.2, 0.25) is 0 Å². The van der Waals surface area contributed by atoms with Crippen molar-refractivity contribution >= 4 is 39.0 Å². The monoisotopic (exact) mass is 515 g/mol. The average Bonchev–Trinajstić information content (AvgIpc) is 2.80. The maximum Gasteiger partial charge on any atom is 0.346 e. The quantitative estimate of drug-likeness (QED) is 0.311. The summed E-state index contributed by atoms with van der Waals surface area (Å²) >= 11 is 3.41. The molecule has 0 saturated carbocycles. The highest BCUT2D eigenvalue weighted by molar-refractivity contribution is 9.10. The van der Waals surface area contributed by atoms with Crippen molar-refractivity contribution in [3.8, 4) is 11.5 Å². The molecule has 174 valence electrons. The van der Waals surface area contributed by atoms with E-state index in [4.69, 9.17) is 14.2 Å². The number of nitrogens with zero attached hydrogens (tertiary/aromatic N) is 3. The van der Waals surface area contributed by atoms with Crippen LogP contribution in [0.15, 0.2) is 50.8 Å². The molecule has 0 saturated heterocycles. The number of esters is 1. The molecule has 8 nitrogen and oxygen atoms in total. The Bertz CT molecular complexity index is 1240. The Morgan fingerprint density at radius 3 is 2.70 bits per heavy atom. The van der Waals surface area contributed by atoms with Gasteiger partial charge in [0.25, 0.3) is 5.56 Å². The van der Waals surface area contributed by atoms with Crippen molar-refractivity contribution in [2.24, 2.45) is 5.10 Å². The lowest BCUT2D eigenvalue weighted by Gasteiger charge is -2.16. The molecular formula is C24H26BrN3O5. The molecule has 33 heavy (non-hydrogen) atoms. The number of hydrogen-bond acceptors (Lipinski definition) is 7. The van der Waals surface area contributed by atoms with Crippen molar-refractivity contribution in [3.63, 3.8) is 0 Å². The van der Waals surface area contributed by atoms with E-state index in [1.54, 1.807) is 37.4 Å². The van der Waals surface area contributed by atoms with Crippen molar-refractivity contribution in [1.82, 2.24) is 9.66 Å². The number of methoxy groups -OCH3 is 1. The average molecular weight is 516 g/mol. The zero-order valence-corrected chi connectivity index (χ0v) is 20.6. The molecule has 0 unspecified atom stereocenters. The van der Waals surface area contributed by atoms with E-state index in [-0.39, 0.29) is 5.56 Å². The van der Waals surface area contributed by atoms with Gasteiger partial charge in [-0.25, -0.2) is 9.78 Å². The Hall–Kier alpha value is -3.20. The lowest BCUT2D eigenvalue weighted by molar-refractivity contribution is -0.147. The highest BCUT2D eigenvalue weighted by atomic mass is 79.9. The smallest absolute Gasteiger partial charge is 0.346 e. The van der Waals surface area contributed by atoms with E-state index < -0.39 is 12.1 Å². The Kier molecular flexibility index (Phi) is 8.21. The third-order valence-corrected chi connectivity index (χ3v) is 5.27. The number of benzene rings is 2. The zero-order valence-electron chi connectivity index (χ0n) is 19.0. The van der Waals surface area contributed by atoms with Crippen LogP contribution in [-0.2, 0) is 16.0 Å². The summed E-state index contributed by atoms with van der Waals surface area (Å²) in [5.41, 5.74) is 1.09. The molecule has 0 aliphatic carbocycles. The van der Waals surface area contributed by atoms with E-state index in [1.807, 2.05) is 26.0 Å². The summed E-state index contributed by atoms with van der Waals surface area (Å²) in [6.45, 7) is 5.88. The fourth-order valence-electron chi connectivity index (χ4n) is 3.20. The van der Waals surface area contributed by atoms with Crippen molar-refractivity contribution in [2.75, 3.05) is 13.7 Å². The molecule has 0 amide bonds. The van der Waals surface area contributed by atoms with Crippen molar-refractivity contribution in [2.45, 2.75) is 39.7 Å². The van der Waals surface area contributed by atoms with Gasteiger partial charge in [0.2, 0.25) is 0 Å². The number of carbonyl (C=O) groups is 1. The number of aromatic nitrogens is 2. The normalized spacial score (nSPS) is 12.2. The van der Waals surface area contributed by atoms with Gasteiger partial charge >= 0.3 is 5.97 Å². The van der Waals surface area contributed by atoms with Gasteiger partial charge < -0.3 is 14.2 Å². The van der Waals surface area contributed by atoms with Gasteiger partial charge in [0.05, 0.1) is 30.8 Å². The van der Waals surface area contributed by atoms with Gasteiger partial charge in [-0.05, 0) is 62.2 Å². The third kappa shape index (κ3) is 5.78. The van der Waals surface area contributed by atoms with Crippen molar-refractivity contribution < 1.29 is 19.0 Å². The van der Waals surface area contributed by atoms with E-state index in [0.29, 0.717) is 46.8 Å². The fourth-order valence-corrected chi connectivity index (χ4v) is 3.56. The second-order valence-electron chi connectivity index (χ2n) is 7.22. The number of halogens is 1. The van der Waals surface area contributed by atoms with Gasteiger partial charge in [0.15, 0.2) is 17.6 Å². The number of aryl methyl sites for hydroxylation is 1. The Morgan fingerprint density at radius 1 is 1.21 bits per heavy atom. The molecule has 9 heteroatoms. The largest absolute Gasteiger partial charge is 0.490 e. The van der Waals surface area contributed by atoms with Crippen molar-refractivity contribution in [3.05, 3.63) is 62.6 Å². The number of rotatable bonds is 9. The second-order valence-corrected chi connectivity index (χ2v) is 8.14. The van der Waals surface area contributed by atoms with Crippen LogP contribution in [0.5, 0.6) is 11.5 Å². The number of ether oxygens (including phenoxy) is 3. The Morgan fingerprint density at radius 2 is 2.00 bits per heavy atom. The molecule has 0 fully saturated rings. The standard InChI is InChI=1S/C24H26BrN3O5/c1-5-7-22-27-19-10-9-17(25)13-18(19)23(29)28(22)26-14-16-8-11-20(21(12-16)32-6-2)33-15(3)24(30)31-4/h8-15H,5-7H2,1-4H3/t15-/m1/s1. The van der Waals surface area contributed by atoms with Crippen LogP contribution < -0.4 is 15.0 Å². The van der Waals surface area contributed by atoms with Gasteiger partial charge in [-0.1, -0.05) is 22.9 Å². The predicted octanol–water partition coefficient (Wildman–Crippen LogP) is 4.33. The predicted molar refractivity (Wildman–Crippen MR) is 130 cm³/mol. The molecule has 1 aromatic heterocycles. The summed E-state index contributed by atoms with van der Waals surface area (Å²) in [7, 11) is 1.31. The van der Waals surface area contributed by atoms with Gasteiger partial charge in [-0.3, -0.25) is 4.79 Å². The SMILES string of the molecule is CCCc1nc2ccc(Br)cc2c(=O)n1N=Cc1ccc(O[C@H](C)C(=O)OC)c(OCC)c1. The highest BCUT2D eigenvalue weighted by Crippen LogP contribution is 2.29. The minimum Gasteiger partial charge on any atom is -0.490 e. The van der Waals surface area contributed by atoms with Crippen molar-refractivity contribution in [1.29, 1.82) is 0 Å². The zero-order chi connectivity index (χ0) is 24.0. The minimum absolute atomic E-state index is 0.238. The van der Waals surface area contributed by atoms with Crippen LogP contribution in [0.4, 0.5) is 0 Å². The first kappa shape index (κ1) is 24.4. The van der Waals surface area contributed by atoms with E-state index in [2.05, 4.69) is 26.0 Å². The first-order chi connectivity index (χ1) is 15.9. The molecule has 0 N–H and O–H groups in total. The van der Waals surface area contributed by atoms with Gasteiger partial charge in [-0.2, -0.15) is 9.78 Å². The number of fused-ring (bicyclic) bond motifs is 1. The summed E-state index contributed by atoms with van der Waals surface area (Å²) in [5.74, 6) is 0.971. The Balaban J connectivity index is 1.99. The van der Waals surface area contributed by atoms with E-state index in [9.17, 15) is 9.59 Å². The van der Waals surface area contributed by atoms with Crippen LogP contribution in [0.3, 0.4) is 0 Å². The number of hydrogen-bond donors (Lipinski definition) is 0. The van der Waals surface area contributed by atoms with Crippen LogP contribution in [0.25, 0.3) is 10.9 Å². The van der Waals surface area contributed by atoms with Gasteiger partial charge in [0, 0.05) is 10.9 Å². The molecule has 0 radical (unpaired) electrons. The maximum absolute atomic E-state index is 13.1. The third-order valence-electron chi connectivity index (χ3n) is 4.78. The molecule has 1 atom stereocenters. The number of carbonyl (C=O) groups excluding carboxylic acids is 1. The summed E-state index contributed by atoms with van der Waals surface area (Å²) < 4.78 is 18.2. The van der Waals surface area contributed by atoms with Crippen LogP contribution in [0.1, 0.15) is 38.6 Å². The lowest BCUT2D eigenvalue weighted by Crippen LogP contribution is -2.25. The molecule has 0 bridgehead atoms. The summed E-state index contributed by atoms with van der Waals surface area (Å²) in [5, 5.41) is 4.92. The maximum atomic E-state index is 13.1. The fraction of sp³-hybridized carbons (Fsp3) is 0.333. The summed E-state index contributed by atoms with van der Waals surface area (Å²) in [6.07, 6.45) is 2.22. The van der Waals surface area contributed by atoms with E-state index in [1.165, 1.54) is 11.8 Å². The molecule has 3 aromatic rings. The van der Waals surface area contributed by atoms with Crippen LogP contribution in [0, 0.1) is 0 Å². The van der Waals surface area contributed by atoms with Crippen LogP contribution in [-0.4, -0.2) is 41.7 Å². The van der Waals surface area contributed by atoms with Crippen LogP contribution >= 0.6 is 15.9 Å². The highest BCUT2D eigenvalue weighted by Gasteiger charge is 2.17. The first-order valence-corrected chi connectivity index (χ1v) is 11.4. The molecular weight excluding hydrogens is 490 g/mol.